The number of carbonyl (C=O) groups is 1. The van der Waals surface area contributed by atoms with Crippen LogP contribution in [0.15, 0.2) is 0 Å². The molecule has 0 aromatic carbocycles. The molecule has 114 valence electrons. The van der Waals surface area contributed by atoms with Crippen LogP contribution in [0.25, 0.3) is 0 Å². The number of carboxylic acids is 1. The average Bonchev–Trinajstić information content (AvgIpc) is 2.36. The monoisotopic (exact) mass is 280 g/mol. The fourth-order valence-electron chi connectivity index (χ4n) is 6.10. The fraction of sp³-hybridized carbons (Fsp3) is 0.941. The number of aliphatic hydroxyl groups is 1. The Kier molecular flexibility index (Phi) is 3.39. The lowest BCUT2D eigenvalue weighted by atomic mass is 9.45. The van der Waals surface area contributed by atoms with Crippen LogP contribution in [0.4, 0.5) is 0 Å². The molecule has 2 N–H and O–H groups in total. The van der Waals surface area contributed by atoms with Crippen molar-refractivity contribution in [3.05, 3.63) is 0 Å². The second-order valence-electron chi connectivity index (χ2n) is 7.98. The van der Waals surface area contributed by atoms with Gasteiger partial charge in [0.1, 0.15) is 0 Å². The van der Waals surface area contributed by atoms with Gasteiger partial charge in [-0.15, -0.1) is 0 Å². The van der Waals surface area contributed by atoms with Gasteiger partial charge >= 0.3 is 5.97 Å². The zero-order chi connectivity index (χ0) is 14.5. The fourth-order valence-corrected chi connectivity index (χ4v) is 6.10. The summed E-state index contributed by atoms with van der Waals surface area (Å²) in [4.78, 5) is 11.7. The quantitative estimate of drug-likeness (QED) is 0.811. The third kappa shape index (κ3) is 2.01. The second kappa shape index (κ2) is 4.72. The number of hydrogen-bond donors (Lipinski definition) is 2. The summed E-state index contributed by atoms with van der Waals surface area (Å²) in [7, 11) is 0. The van der Waals surface area contributed by atoms with Crippen LogP contribution in [-0.4, -0.2) is 21.8 Å². The van der Waals surface area contributed by atoms with Crippen LogP contribution >= 0.6 is 0 Å². The van der Waals surface area contributed by atoms with E-state index in [4.69, 9.17) is 0 Å². The van der Waals surface area contributed by atoms with Crippen molar-refractivity contribution < 1.29 is 15.0 Å². The molecule has 4 saturated carbocycles. The van der Waals surface area contributed by atoms with Crippen molar-refractivity contribution in [2.75, 3.05) is 0 Å². The van der Waals surface area contributed by atoms with Gasteiger partial charge in [-0.25, -0.2) is 4.79 Å². The summed E-state index contributed by atoms with van der Waals surface area (Å²) >= 11 is 0. The van der Waals surface area contributed by atoms with Crippen LogP contribution in [-0.2, 0) is 4.79 Å². The normalized spacial score (nSPS) is 43.2. The summed E-state index contributed by atoms with van der Waals surface area (Å²) in [5.74, 6) is 1.25. The highest BCUT2D eigenvalue weighted by molar-refractivity contribution is 5.77. The van der Waals surface area contributed by atoms with E-state index in [0.717, 1.165) is 43.4 Å². The van der Waals surface area contributed by atoms with E-state index < -0.39 is 11.6 Å². The summed E-state index contributed by atoms with van der Waals surface area (Å²) in [6.07, 6.45) is 8.62. The summed E-state index contributed by atoms with van der Waals surface area (Å²) in [6, 6.07) is 0. The summed E-state index contributed by atoms with van der Waals surface area (Å²) in [5, 5.41) is 20.4. The Bertz CT molecular complexity index is 368. The molecule has 0 aliphatic heterocycles. The lowest BCUT2D eigenvalue weighted by Gasteiger charge is -2.60. The van der Waals surface area contributed by atoms with E-state index in [1.807, 2.05) is 13.8 Å². The molecule has 0 aromatic rings. The van der Waals surface area contributed by atoms with Gasteiger partial charge in [0.05, 0.1) is 0 Å². The van der Waals surface area contributed by atoms with Crippen LogP contribution in [0.5, 0.6) is 0 Å². The average molecular weight is 280 g/mol. The Hall–Kier alpha value is -0.570. The first-order chi connectivity index (χ1) is 9.39. The summed E-state index contributed by atoms with van der Waals surface area (Å²) in [6.45, 7) is 3.97. The molecule has 3 nitrogen and oxygen atoms in total. The molecular weight excluding hydrogens is 252 g/mol. The molecule has 4 fully saturated rings. The Morgan fingerprint density at radius 3 is 2.00 bits per heavy atom. The molecule has 0 amide bonds. The zero-order valence-corrected chi connectivity index (χ0v) is 12.8. The molecule has 4 rings (SSSR count). The predicted molar refractivity (Wildman–Crippen MR) is 77.3 cm³/mol. The first kappa shape index (κ1) is 14.4. The Labute approximate surface area is 121 Å². The molecule has 0 spiro atoms. The van der Waals surface area contributed by atoms with E-state index in [9.17, 15) is 15.0 Å². The van der Waals surface area contributed by atoms with E-state index in [2.05, 4.69) is 0 Å². The molecule has 0 heterocycles. The van der Waals surface area contributed by atoms with E-state index in [1.54, 1.807) is 0 Å². The maximum atomic E-state index is 11.7. The van der Waals surface area contributed by atoms with Gasteiger partial charge in [0.2, 0.25) is 0 Å². The number of aliphatic carboxylic acids is 1. The van der Waals surface area contributed by atoms with E-state index in [1.165, 1.54) is 19.3 Å². The number of hydrogen-bond acceptors (Lipinski definition) is 2. The molecule has 4 aliphatic carbocycles. The zero-order valence-electron chi connectivity index (χ0n) is 12.8. The van der Waals surface area contributed by atoms with Crippen LogP contribution in [0.3, 0.4) is 0 Å². The maximum absolute atomic E-state index is 11.7. The van der Waals surface area contributed by atoms with Gasteiger partial charge in [0.25, 0.3) is 0 Å². The molecule has 0 aromatic heterocycles. The van der Waals surface area contributed by atoms with Crippen molar-refractivity contribution in [1.82, 2.24) is 0 Å². The van der Waals surface area contributed by atoms with Crippen LogP contribution < -0.4 is 0 Å². The van der Waals surface area contributed by atoms with E-state index in [-0.39, 0.29) is 11.3 Å². The third-order valence-corrected chi connectivity index (χ3v) is 6.72. The number of rotatable bonds is 5. The first-order valence-electron chi connectivity index (χ1n) is 8.35. The highest BCUT2D eigenvalue weighted by Gasteiger charge is 2.58. The minimum absolute atomic E-state index is 0.0943. The summed E-state index contributed by atoms with van der Waals surface area (Å²) in [5.41, 5.74) is -1.43. The van der Waals surface area contributed by atoms with Gasteiger partial charge in [-0.1, -0.05) is 20.3 Å². The Balaban J connectivity index is 1.89. The number of carboxylic acid groups (broad SMARTS) is 1. The molecule has 2 unspecified atom stereocenters. The van der Waals surface area contributed by atoms with Gasteiger partial charge in [-0.2, -0.15) is 0 Å². The topological polar surface area (TPSA) is 57.5 Å². The van der Waals surface area contributed by atoms with Crippen molar-refractivity contribution in [2.45, 2.75) is 70.8 Å². The van der Waals surface area contributed by atoms with Crippen molar-refractivity contribution in [2.24, 2.45) is 29.1 Å². The van der Waals surface area contributed by atoms with Crippen molar-refractivity contribution in [1.29, 1.82) is 0 Å². The minimum Gasteiger partial charge on any atom is -0.479 e. The molecule has 4 aliphatic rings. The van der Waals surface area contributed by atoms with Crippen molar-refractivity contribution in [3.8, 4) is 0 Å². The highest BCUT2D eigenvalue weighted by atomic mass is 16.4. The van der Waals surface area contributed by atoms with Crippen LogP contribution in [0.1, 0.15) is 65.2 Å². The first-order valence-corrected chi connectivity index (χ1v) is 8.35. The lowest BCUT2D eigenvalue weighted by molar-refractivity contribution is -0.186. The van der Waals surface area contributed by atoms with Crippen molar-refractivity contribution in [3.63, 3.8) is 0 Å². The largest absolute Gasteiger partial charge is 0.479 e. The molecule has 0 saturated heterocycles. The molecule has 4 bridgehead atoms. The Morgan fingerprint density at radius 1 is 1.20 bits per heavy atom. The van der Waals surface area contributed by atoms with Gasteiger partial charge in [-0.3, -0.25) is 0 Å². The Morgan fingerprint density at radius 2 is 1.65 bits per heavy atom. The van der Waals surface area contributed by atoms with Crippen LogP contribution in [0.2, 0.25) is 0 Å². The van der Waals surface area contributed by atoms with Crippen molar-refractivity contribution >= 4 is 5.97 Å². The van der Waals surface area contributed by atoms with Crippen LogP contribution in [0, 0.1) is 29.1 Å². The SMILES string of the molecule is CCCC(O)(C(=O)O)C(C)C12CC3CC(CC(C3)C1)C2. The smallest absolute Gasteiger partial charge is 0.335 e. The molecule has 3 heteroatoms. The molecule has 2 atom stereocenters. The maximum Gasteiger partial charge on any atom is 0.335 e. The second-order valence-corrected chi connectivity index (χ2v) is 7.98. The molecule has 0 radical (unpaired) electrons. The minimum atomic E-state index is -1.53. The van der Waals surface area contributed by atoms with E-state index >= 15 is 0 Å². The highest BCUT2D eigenvalue weighted by Crippen LogP contribution is 2.64. The summed E-state index contributed by atoms with van der Waals surface area (Å²) < 4.78 is 0. The molecule has 20 heavy (non-hydrogen) atoms. The standard InChI is InChI=1S/C17H28O3/c1-3-4-17(20,15(18)19)11(2)16-8-12-5-13(9-16)7-14(6-12)10-16/h11-14,20H,3-10H2,1-2H3,(H,18,19). The predicted octanol–water partition coefficient (Wildman–Crippen LogP) is 3.45. The third-order valence-electron chi connectivity index (χ3n) is 6.72. The van der Waals surface area contributed by atoms with Gasteiger partial charge < -0.3 is 10.2 Å². The lowest BCUT2D eigenvalue weighted by Crippen LogP contribution is -2.57. The van der Waals surface area contributed by atoms with E-state index in [0.29, 0.717) is 6.42 Å². The molecular formula is C17H28O3. The van der Waals surface area contributed by atoms with Gasteiger partial charge in [0.15, 0.2) is 5.60 Å². The van der Waals surface area contributed by atoms with Gasteiger partial charge in [-0.05, 0) is 68.1 Å². The van der Waals surface area contributed by atoms with Gasteiger partial charge in [0, 0.05) is 5.92 Å².